The van der Waals surface area contributed by atoms with Gasteiger partial charge in [-0.3, -0.25) is 19.7 Å². The van der Waals surface area contributed by atoms with Crippen LogP contribution in [0.5, 0.6) is 0 Å². The number of carbonyl (C=O) groups is 2. The SMILES string of the molecule is CCOC(=O)c1nn(-c2ccc(F)cc2)c(=O)cc1NC(=O)c1ccc(Cl)c([N+](=O)[O-])c1. The number of nitrogens with zero attached hydrogens (tertiary/aromatic N) is 3. The lowest BCUT2D eigenvalue weighted by Gasteiger charge is -2.12. The second-order valence-electron chi connectivity index (χ2n) is 6.23. The molecule has 0 atom stereocenters. The van der Waals surface area contributed by atoms with E-state index < -0.39 is 39.6 Å². The molecule has 3 aromatic rings. The average Bonchev–Trinajstić information content (AvgIpc) is 2.75. The number of nitro groups is 1. The monoisotopic (exact) mass is 460 g/mol. The maximum absolute atomic E-state index is 13.2. The van der Waals surface area contributed by atoms with E-state index in [0.29, 0.717) is 0 Å². The van der Waals surface area contributed by atoms with E-state index in [0.717, 1.165) is 28.9 Å². The van der Waals surface area contributed by atoms with Crippen LogP contribution in [0, 0.1) is 15.9 Å². The molecule has 0 aliphatic rings. The predicted octanol–water partition coefficient (Wildman–Crippen LogP) is 3.36. The molecule has 0 aliphatic heterocycles. The van der Waals surface area contributed by atoms with Crippen LogP contribution >= 0.6 is 11.6 Å². The summed E-state index contributed by atoms with van der Waals surface area (Å²) in [6.45, 7) is 1.55. The number of hydrogen-bond donors (Lipinski definition) is 1. The van der Waals surface area contributed by atoms with E-state index >= 15 is 0 Å². The fourth-order valence-electron chi connectivity index (χ4n) is 2.66. The number of carbonyl (C=O) groups excluding carboxylic acids is 2. The summed E-state index contributed by atoms with van der Waals surface area (Å²) in [4.78, 5) is 47.9. The zero-order chi connectivity index (χ0) is 23.4. The van der Waals surface area contributed by atoms with Crippen molar-refractivity contribution in [2.45, 2.75) is 6.92 Å². The Labute approximate surface area is 184 Å². The van der Waals surface area contributed by atoms with E-state index in [9.17, 15) is 28.9 Å². The number of hydrogen-bond acceptors (Lipinski definition) is 7. The highest BCUT2D eigenvalue weighted by Crippen LogP contribution is 2.25. The van der Waals surface area contributed by atoms with Crippen LogP contribution in [0.2, 0.25) is 5.02 Å². The lowest BCUT2D eigenvalue weighted by atomic mass is 10.2. The summed E-state index contributed by atoms with van der Waals surface area (Å²) < 4.78 is 19.0. The van der Waals surface area contributed by atoms with Gasteiger partial charge in [-0.2, -0.15) is 9.78 Å². The molecule has 0 spiro atoms. The fourth-order valence-corrected chi connectivity index (χ4v) is 2.84. The van der Waals surface area contributed by atoms with Crippen molar-refractivity contribution in [2.24, 2.45) is 0 Å². The topological polar surface area (TPSA) is 133 Å². The summed E-state index contributed by atoms with van der Waals surface area (Å²) in [7, 11) is 0. The molecule has 3 rings (SSSR count). The summed E-state index contributed by atoms with van der Waals surface area (Å²) in [5, 5.41) is 17.2. The number of esters is 1. The Morgan fingerprint density at radius 3 is 2.53 bits per heavy atom. The summed E-state index contributed by atoms with van der Waals surface area (Å²) >= 11 is 5.75. The van der Waals surface area contributed by atoms with E-state index in [1.807, 2.05) is 0 Å². The normalized spacial score (nSPS) is 10.5. The van der Waals surface area contributed by atoms with E-state index in [4.69, 9.17) is 16.3 Å². The molecule has 0 radical (unpaired) electrons. The Morgan fingerprint density at radius 1 is 1.22 bits per heavy atom. The van der Waals surface area contributed by atoms with Gasteiger partial charge in [-0.15, -0.1) is 0 Å². The van der Waals surface area contributed by atoms with Crippen molar-refractivity contribution in [2.75, 3.05) is 11.9 Å². The van der Waals surface area contributed by atoms with E-state index in [2.05, 4.69) is 10.4 Å². The van der Waals surface area contributed by atoms with Gasteiger partial charge in [-0.25, -0.2) is 9.18 Å². The molecular formula is C20H14ClFN4O6. The van der Waals surface area contributed by atoms with Crippen molar-refractivity contribution in [1.82, 2.24) is 9.78 Å². The highest BCUT2D eigenvalue weighted by molar-refractivity contribution is 6.32. The molecular weight excluding hydrogens is 447 g/mol. The minimum atomic E-state index is -0.930. The fraction of sp³-hybridized carbons (Fsp3) is 0.100. The van der Waals surface area contributed by atoms with Crippen molar-refractivity contribution >= 4 is 34.9 Å². The molecule has 1 amide bonds. The molecule has 1 aromatic heterocycles. The highest BCUT2D eigenvalue weighted by Gasteiger charge is 2.22. The van der Waals surface area contributed by atoms with Gasteiger partial charge in [0.1, 0.15) is 10.8 Å². The van der Waals surface area contributed by atoms with Crippen LogP contribution in [-0.2, 0) is 4.74 Å². The maximum Gasteiger partial charge on any atom is 0.360 e. The molecule has 0 unspecified atom stereocenters. The first-order chi connectivity index (χ1) is 15.2. The first kappa shape index (κ1) is 22.6. The molecule has 10 nitrogen and oxygen atoms in total. The van der Waals surface area contributed by atoms with Crippen LogP contribution in [-0.4, -0.2) is 33.2 Å². The molecule has 1 heterocycles. The Balaban J connectivity index is 2.04. The number of amides is 1. The summed E-state index contributed by atoms with van der Waals surface area (Å²) in [5.41, 5.74) is -1.86. The Kier molecular flexibility index (Phi) is 6.59. The molecule has 2 aromatic carbocycles. The highest BCUT2D eigenvalue weighted by atomic mass is 35.5. The Morgan fingerprint density at radius 2 is 1.91 bits per heavy atom. The largest absolute Gasteiger partial charge is 0.461 e. The zero-order valence-corrected chi connectivity index (χ0v) is 17.1. The number of aromatic nitrogens is 2. The van der Waals surface area contributed by atoms with E-state index in [1.165, 1.54) is 24.3 Å². The smallest absolute Gasteiger partial charge is 0.360 e. The molecule has 0 saturated carbocycles. The molecule has 0 saturated heterocycles. The summed E-state index contributed by atoms with van der Waals surface area (Å²) in [6, 6.07) is 9.08. The van der Waals surface area contributed by atoms with Crippen LogP contribution in [0.4, 0.5) is 15.8 Å². The molecule has 32 heavy (non-hydrogen) atoms. The van der Waals surface area contributed by atoms with Gasteiger partial charge >= 0.3 is 5.97 Å². The molecule has 164 valence electrons. The van der Waals surface area contributed by atoms with Gasteiger partial charge in [-0.1, -0.05) is 11.6 Å². The number of benzene rings is 2. The standard InChI is InChI=1S/C20H14ClFN4O6/c1-2-32-20(29)18-15(10-17(27)25(24-18)13-6-4-12(22)5-7-13)23-19(28)11-3-8-14(21)16(9-11)26(30)31/h3-10H,2H2,1H3,(H,23,28). The molecule has 12 heteroatoms. The van der Waals surface area contributed by atoms with Gasteiger partial charge in [0.25, 0.3) is 17.2 Å². The number of rotatable bonds is 6. The summed E-state index contributed by atoms with van der Waals surface area (Å²) in [5.74, 6) is -2.31. The summed E-state index contributed by atoms with van der Waals surface area (Å²) in [6.07, 6.45) is 0. The lowest BCUT2D eigenvalue weighted by molar-refractivity contribution is -0.384. The maximum atomic E-state index is 13.2. The van der Waals surface area contributed by atoms with Crippen molar-refractivity contribution in [3.05, 3.63) is 91.1 Å². The van der Waals surface area contributed by atoms with Crippen molar-refractivity contribution in [3.8, 4) is 5.69 Å². The molecule has 1 N–H and O–H groups in total. The van der Waals surface area contributed by atoms with Crippen LogP contribution in [0.3, 0.4) is 0 Å². The second kappa shape index (κ2) is 9.35. The minimum Gasteiger partial charge on any atom is -0.461 e. The third-order valence-electron chi connectivity index (χ3n) is 4.12. The molecule has 0 fully saturated rings. The van der Waals surface area contributed by atoms with Crippen molar-refractivity contribution in [1.29, 1.82) is 0 Å². The zero-order valence-electron chi connectivity index (χ0n) is 16.4. The third kappa shape index (κ3) is 4.78. The van der Waals surface area contributed by atoms with Gasteiger partial charge < -0.3 is 10.1 Å². The first-order valence-electron chi connectivity index (χ1n) is 9.04. The number of ether oxygens (including phenoxy) is 1. The van der Waals surface area contributed by atoms with Gasteiger partial charge in [-0.05, 0) is 43.3 Å². The van der Waals surface area contributed by atoms with Crippen molar-refractivity contribution in [3.63, 3.8) is 0 Å². The number of anilines is 1. The quantitative estimate of drug-likeness (QED) is 0.338. The van der Waals surface area contributed by atoms with Gasteiger partial charge in [0.15, 0.2) is 5.69 Å². The third-order valence-corrected chi connectivity index (χ3v) is 4.44. The van der Waals surface area contributed by atoms with Gasteiger partial charge in [0.05, 0.1) is 22.9 Å². The van der Waals surface area contributed by atoms with Gasteiger partial charge in [0.2, 0.25) is 0 Å². The number of halogens is 2. The van der Waals surface area contributed by atoms with Crippen LogP contribution in [0.1, 0.15) is 27.8 Å². The number of nitro benzene ring substituents is 1. The first-order valence-corrected chi connectivity index (χ1v) is 9.41. The molecule has 0 aliphatic carbocycles. The predicted molar refractivity (Wildman–Crippen MR) is 112 cm³/mol. The minimum absolute atomic E-state index is 0.00699. The number of nitrogens with one attached hydrogen (secondary N) is 1. The van der Waals surface area contributed by atoms with E-state index in [-0.39, 0.29) is 28.6 Å². The second-order valence-corrected chi connectivity index (χ2v) is 6.64. The Bertz CT molecular complexity index is 1280. The Hall–Kier alpha value is -4.12. The van der Waals surface area contributed by atoms with Crippen LogP contribution in [0.25, 0.3) is 5.69 Å². The molecule has 0 bridgehead atoms. The average molecular weight is 461 g/mol. The van der Waals surface area contributed by atoms with Gasteiger partial charge in [0, 0.05) is 17.7 Å². The van der Waals surface area contributed by atoms with Crippen molar-refractivity contribution < 1.29 is 23.6 Å². The van der Waals surface area contributed by atoms with Crippen LogP contribution in [0.15, 0.2) is 53.3 Å². The van der Waals surface area contributed by atoms with Crippen LogP contribution < -0.4 is 10.9 Å². The van der Waals surface area contributed by atoms with E-state index in [1.54, 1.807) is 6.92 Å². The lowest BCUT2D eigenvalue weighted by Crippen LogP contribution is -2.27.